The number of rotatable bonds is 5. The molecule has 0 atom stereocenters. The topological polar surface area (TPSA) is 61.2 Å². The average molecular weight is 429 g/mol. The first kappa shape index (κ1) is 21.7. The van der Waals surface area contributed by atoms with Crippen molar-refractivity contribution in [3.63, 3.8) is 0 Å². The van der Waals surface area contributed by atoms with Crippen LogP contribution in [0.1, 0.15) is 29.3 Å². The van der Waals surface area contributed by atoms with E-state index in [1.54, 1.807) is 6.92 Å². The van der Waals surface area contributed by atoms with Gasteiger partial charge in [0.15, 0.2) is 5.75 Å². The summed E-state index contributed by atoms with van der Waals surface area (Å²) in [6, 6.07) is 10.7. The van der Waals surface area contributed by atoms with Gasteiger partial charge in [0.25, 0.3) is 5.56 Å². The van der Waals surface area contributed by atoms with Gasteiger partial charge >= 0.3 is 5.97 Å². The van der Waals surface area contributed by atoms with E-state index in [-0.39, 0.29) is 16.9 Å². The first-order chi connectivity index (χ1) is 14.2. The molecule has 3 rings (SSSR count). The summed E-state index contributed by atoms with van der Waals surface area (Å²) in [5.41, 5.74) is 2.39. The lowest BCUT2D eigenvalue weighted by Crippen LogP contribution is -2.25. The lowest BCUT2D eigenvalue weighted by Gasteiger charge is -2.17. The molecule has 2 aromatic carbocycles. The van der Waals surface area contributed by atoms with Crippen molar-refractivity contribution in [2.75, 3.05) is 0 Å². The number of ether oxygens (including phenoxy) is 1. The summed E-state index contributed by atoms with van der Waals surface area (Å²) in [5.74, 6) is -1.30. The lowest BCUT2D eigenvalue weighted by molar-refractivity contribution is -0.131. The van der Waals surface area contributed by atoms with Crippen LogP contribution in [0.5, 0.6) is 5.75 Å². The molecule has 7 heteroatoms. The number of aromatic nitrogens is 2. The molecule has 0 unspecified atom stereocenters. The Hall–Kier alpha value is -2.99. The summed E-state index contributed by atoms with van der Waals surface area (Å²) >= 11 is 6.43. The number of halogens is 2. The van der Waals surface area contributed by atoms with Gasteiger partial charge in [-0.15, -0.1) is 0 Å². The number of hydrogen-bond acceptors (Lipinski definition) is 4. The largest absolute Gasteiger partial charge is 0.424 e. The minimum atomic E-state index is -0.627. The second-order valence-electron chi connectivity index (χ2n) is 7.18. The Morgan fingerprint density at radius 3 is 2.40 bits per heavy atom. The zero-order valence-electron chi connectivity index (χ0n) is 17.3. The van der Waals surface area contributed by atoms with E-state index >= 15 is 4.39 Å². The summed E-state index contributed by atoms with van der Waals surface area (Å²) in [5, 5.41) is 4.40. The first-order valence-electron chi connectivity index (χ1n) is 9.48. The maximum Gasteiger partial charge on any atom is 0.308 e. The predicted molar refractivity (Wildman–Crippen MR) is 115 cm³/mol. The number of aryl methyl sites for hydroxylation is 4. The monoisotopic (exact) mass is 428 g/mol. The predicted octanol–water partition coefficient (Wildman–Crippen LogP) is 4.57. The van der Waals surface area contributed by atoms with E-state index in [2.05, 4.69) is 5.10 Å². The van der Waals surface area contributed by atoms with Crippen LogP contribution in [-0.4, -0.2) is 15.7 Å². The number of hydrogen-bond donors (Lipinski definition) is 0. The van der Waals surface area contributed by atoms with Gasteiger partial charge in [-0.2, -0.15) is 5.10 Å². The molecule has 1 heterocycles. The highest BCUT2D eigenvalue weighted by Crippen LogP contribution is 2.37. The third-order valence-corrected chi connectivity index (χ3v) is 5.20. The van der Waals surface area contributed by atoms with Crippen molar-refractivity contribution in [3.8, 4) is 16.9 Å². The van der Waals surface area contributed by atoms with Crippen LogP contribution in [0.25, 0.3) is 11.1 Å². The van der Waals surface area contributed by atoms with Crippen molar-refractivity contribution >= 4 is 17.6 Å². The van der Waals surface area contributed by atoms with Crippen LogP contribution in [0.2, 0.25) is 5.02 Å². The van der Waals surface area contributed by atoms with Crippen LogP contribution >= 0.6 is 11.6 Å². The van der Waals surface area contributed by atoms with Crippen LogP contribution < -0.4 is 10.3 Å². The van der Waals surface area contributed by atoms with Crippen molar-refractivity contribution in [3.05, 3.63) is 80.0 Å². The third kappa shape index (κ3) is 4.44. The number of carbonyl (C=O) groups excluding carboxylic acids is 1. The zero-order valence-corrected chi connectivity index (χ0v) is 18.0. The molecule has 0 fully saturated rings. The minimum Gasteiger partial charge on any atom is -0.424 e. The fourth-order valence-electron chi connectivity index (χ4n) is 3.38. The molecular formula is C23H22ClFN2O3. The smallest absolute Gasteiger partial charge is 0.308 e. The summed E-state index contributed by atoms with van der Waals surface area (Å²) in [6.07, 6.45) is 1.00. The van der Waals surface area contributed by atoms with Gasteiger partial charge in [-0.25, -0.2) is 9.07 Å². The van der Waals surface area contributed by atoms with Crippen molar-refractivity contribution in [2.24, 2.45) is 7.05 Å². The molecule has 0 spiro atoms. The van der Waals surface area contributed by atoms with E-state index in [9.17, 15) is 9.59 Å². The van der Waals surface area contributed by atoms with Gasteiger partial charge in [0, 0.05) is 24.6 Å². The number of carbonyl (C=O) groups is 1. The average Bonchev–Trinajstić information content (AvgIpc) is 2.69. The van der Waals surface area contributed by atoms with Crippen LogP contribution in [0.15, 0.2) is 41.2 Å². The highest BCUT2D eigenvalue weighted by molar-refractivity contribution is 6.31. The van der Waals surface area contributed by atoms with Gasteiger partial charge in [-0.05, 0) is 49.9 Å². The molecule has 5 nitrogen and oxygen atoms in total. The van der Waals surface area contributed by atoms with Crippen molar-refractivity contribution in [1.29, 1.82) is 0 Å². The molecule has 1 aromatic heterocycles. The Bertz CT molecular complexity index is 1170. The Morgan fingerprint density at radius 1 is 1.10 bits per heavy atom. The second-order valence-corrected chi connectivity index (χ2v) is 7.59. The fourth-order valence-corrected chi connectivity index (χ4v) is 3.63. The van der Waals surface area contributed by atoms with E-state index < -0.39 is 17.3 Å². The SMILES string of the molecule is CC(=O)Oc1c(C)nn(C)c(=O)c1-c1c(F)ccc(Cl)c1CCc1ccc(C)cc1. The Morgan fingerprint density at radius 2 is 1.77 bits per heavy atom. The number of esters is 1. The molecule has 0 saturated carbocycles. The minimum absolute atomic E-state index is 0.0389. The van der Waals surface area contributed by atoms with Crippen molar-refractivity contribution < 1.29 is 13.9 Å². The van der Waals surface area contributed by atoms with Gasteiger partial charge in [-0.1, -0.05) is 41.4 Å². The molecule has 0 aliphatic rings. The second kappa shape index (κ2) is 8.79. The lowest BCUT2D eigenvalue weighted by atomic mass is 9.94. The molecule has 0 amide bonds. The van der Waals surface area contributed by atoms with Crippen LogP contribution in [0.3, 0.4) is 0 Å². The van der Waals surface area contributed by atoms with E-state index in [1.807, 2.05) is 31.2 Å². The fraction of sp³-hybridized carbons (Fsp3) is 0.261. The molecular weight excluding hydrogens is 407 g/mol. The Balaban J connectivity index is 2.19. The van der Waals surface area contributed by atoms with Gasteiger partial charge < -0.3 is 4.74 Å². The molecule has 0 radical (unpaired) electrons. The summed E-state index contributed by atoms with van der Waals surface area (Å²) in [7, 11) is 1.46. The van der Waals surface area contributed by atoms with Crippen LogP contribution in [0.4, 0.5) is 4.39 Å². The first-order valence-corrected chi connectivity index (χ1v) is 9.86. The number of benzene rings is 2. The molecule has 0 N–H and O–H groups in total. The normalized spacial score (nSPS) is 10.9. The standard InChI is InChI=1S/C23H22ClFN2O3/c1-13-5-7-16(8-6-13)9-10-17-18(24)11-12-19(25)20(17)21-22(30-15(3)28)14(2)26-27(4)23(21)29/h5-8,11-12H,9-10H2,1-4H3. The van der Waals surface area contributed by atoms with Gasteiger partial charge in [-0.3, -0.25) is 9.59 Å². The number of nitrogens with zero attached hydrogens (tertiary/aromatic N) is 2. The molecule has 0 aliphatic heterocycles. The summed E-state index contributed by atoms with van der Waals surface area (Å²) in [6.45, 7) is 4.81. The van der Waals surface area contributed by atoms with E-state index in [4.69, 9.17) is 16.3 Å². The highest BCUT2D eigenvalue weighted by Gasteiger charge is 2.25. The van der Waals surface area contributed by atoms with Gasteiger partial charge in [0.1, 0.15) is 11.5 Å². The summed E-state index contributed by atoms with van der Waals surface area (Å²) in [4.78, 5) is 24.6. The quantitative estimate of drug-likeness (QED) is 0.558. The molecule has 0 aliphatic carbocycles. The molecule has 0 saturated heterocycles. The highest BCUT2D eigenvalue weighted by atomic mass is 35.5. The van der Waals surface area contributed by atoms with Crippen LogP contribution in [-0.2, 0) is 24.7 Å². The molecule has 3 aromatic rings. The van der Waals surface area contributed by atoms with Gasteiger partial charge in [0.2, 0.25) is 0 Å². The maximum absolute atomic E-state index is 15.1. The zero-order chi connectivity index (χ0) is 22.0. The van der Waals surface area contributed by atoms with E-state index in [0.717, 1.165) is 15.8 Å². The molecule has 156 valence electrons. The Labute approximate surface area is 179 Å². The van der Waals surface area contributed by atoms with Crippen LogP contribution in [0, 0.1) is 19.7 Å². The maximum atomic E-state index is 15.1. The third-order valence-electron chi connectivity index (χ3n) is 4.85. The van der Waals surface area contributed by atoms with Crippen molar-refractivity contribution in [2.45, 2.75) is 33.6 Å². The summed E-state index contributed by atoms with van der Waals surface area (Å²) < 4.78 is 21.5. The van der Waals surface area contributed by atoms with Gasteiger partial charge in [0.05, 0.1) is 5.56 Å². The van der Waals surface area contributed by atoms with Crippen molar-refractivity contribution in [1.82, 2.24) is 9.78 Å². The van der Waals surface area contributed by atoms with E-state index in [1.165, 1.54) is 26.1 Å². The molecule has 0 bridgehead atoms. The van der Waals surface area contributed by atoms with E-state index in [0.29, 0.717) is 29.1 Å². The molecule has 30 heavy (non-hydrogen) atoms. The Kier molecular flexibility index (Phi) is 6.37.